The van der Waals surface area contributed by atoms with E-state index in [9.17, 15) is 4.79 Å². The van der Waals surface area contributed by atoms with Gasteiger partial charge in [-0.3, -0.25) is 4.79 Å². The summed E-state index contributed by atoms with van der Waals surface area (Å²) in [6, 6.07) is 0. The molecule has 1 aliphatic heterocycles. The van der Waals surface area contributed by atoms with Crippen molar-refractivity contribution in [3.63, 3.8) is 0 Å². The van der Waals surface area contributed by atoms with Crippen molar-refractivity contribution >= 4 is 5.91 Å². The number of hydrogen-bond acceptors (Lipinski definition) is 5. The highest BCUT2D eigenvalue weighted by molar-refractivity contribution is 5.88. The lowest BCUT2D eigenvalue weighted by atomic mass is 9.93. The molecule has 3 N–H and O–H groups in total. The van der Waals surface area contributed by atoms with Crippen LogP contribution in [-0.2, 0) is 4.74 Å². The van der Waals surface area contributed by atoms with Crippen LogP contribution in [0.15, 0.2) is 6.33 Å². The summed E-state index contributed by atoms with van der Waals surface area (Å²) in [7, 11) is 0. The molecule has 17 heavy (non-hydrogen) atoms. The van der Waals surface area contributed by atoms with Crippen LogP contribution in [0.1, 0.15) is 30.7 Å². The van der Waals surface area contributed by atoms with Crippen LogP contribution in [0.25, 0.3) is 0 Å². The van der Waals surface area contributed by atoms with Gasteiger partial charge in [0, 0.05) is 5.92 Å². The van der Waals surface area contributed by atoms with E-state index in [0.717, 1.165) is 0 Å². The molecule has 94 valence electrons. The van der Waals surface area contributed by atoms with Gasteiger partial charge in [-0.1, -0.05) is 13.8 Å². The maximum absolute atomic E-state index is 10.9. The van der Waals surface area contributed by atoms with Crippen molar-refractivity contribution in [3.8, 4) is 0 Å². The summed E-state index contributed by atoms with van der Waals surface area (Å²) in [5, 5.41) is 13.1. The van der Waals surface area contributed by atoms with E-state index in [1.165, 1.54) is 11.0 Å². The van der Waals surface area contributed by atoms with E-state index in [0.29, 0.717) is 0 Å². The molecule has 4 atom stereocenters. The van der Waals surface area contributed by atoms with Crippen molar-refractivity contribution in [2.24, 2.45) is 17.6 Å². The van der Waals surface area contributed by atoms with Crippen molar-refractivity contribution in [1.29, 1.82) is 0 Å². The fraction of sp³-hybridized carbons (Fsp3) is 0.700. The second-order valence-corrected chi connectivity index (χ2v) is 4.38. The number of hydrogen-bond donors (Lipinski definition) is 2. The summed E-state index contributed by atoms with van der Waals surface area (Å²) in [4.78, 5) is 14.7. The minimum Gasteiger partial charge on any atom is -0.394 e. The molecule has 0 radical (unpaired) electrons. The lowest BCUT2D eigenvalue weighted by Gasteiger charge is -2.15. The Kier molecular flexibility index (Phi) is 3.12. The van der Waals surface area contributed by atoms with Gasteiger partial charge in [0.1, 0.15) is 6.33 Å². The molecule has 0 bridgehead atoms. The number of aromatic nitrogens is 3. The zero-order chi connectivity index (χ0) is 12.6. The Morgan fingerprint density at radius 2 is 2.29 bits per heavy atom. The number of amides is 1. The van der Waals surface area contributed by atoms with E-state index in [2.05, 4.69) is 10.1 Å². The zero-order valence-corrected chi connectivity index (χ0v) is 9.78. The molecule has 2 heterocycles. The molecule has 0 saturated carbocycles. The lowest BCUT2D eigenvalue weighted by Crippen LogP contribution is -2.19. The van der Waals surface area contributed by atoms with Crippen LogP contribution in [-0.4, -0.2) is 38.5 Å². The van der Waals surface area contributed by atoms with E-state index in [1.54, 1.807) is 0 Å². The third-order valence-corrected chi connectivity index (χ3v) is 3.35. The van der Waals surface area contributed by atoms with Gasteiger partial charge in [-0.2, -0.15) is 0 Å². The second-order valence-electron chi connectivity index (χ2n) is 4.38. The predicted molar refractivity (Wildman–Crippen MR) is 57.9 cm³/mol. The first-order chi connectivity index (χ1) is 8.04. The third kappa shape index (κ3) is 2.03. The van der Waals surface area contributed by atoms with Crippen LogP contribution >= 0.6 is 0 Å². The summed E-state index contributed by atoms with van der Waals surface area (Å²) >= 11 is 0. The molecule has 0 spiro atoms. The Balaban J connectivity index is 2.19. The molecule has 2 rings (SSSR count). The van der Waals surface area contributed by atoms with Crippen molar-refractivity contribution in [2.45, 2.75) is 26.2 Å². The Labute approximate surface area is 98.6 Å². The standard InChI is InChI=1S/C10H16N4O3/c1-5-6(2)10(17-7(5)3-15)14-4-12-9(13-14)8(11)16/h4-7,10,15H,3H2,1-2H3,(H2,11,16)/t5?,6?,7-,10-/m1/s1. The summed E-state index contributed by atoms with van der Waals surface area (Å²) in [5.74, 6) is -0.303. The van der Waals surface area contributed by atoms with Gasteiger partial charge in [0.25, 0.3) is 5.91 Å². The zero-order valence-electron chi connectivity index (χ0n) is 9.78. The van der Waals surface area contributed by atoms with Gasteiger partial charge in [-0.15, -0.1) is 5.10 Å². The van der Waals surface area contributed by atoms with Gasteiger partial charge >= 0.3 is 0 Å². The fourth-order valence-corrected chi connectivity index (χ4v) is 2.05. The first kappa shape index (κ1) is 12.0. The molecule has 7 nitrogen and oxygen atoms in total. The SMILES string of the molecule is CC1C(C)[C@@H](CO)O[C@H]1n1cnc(C(N)=O)n1. The van der Waals surface area contributed by atoms with E-state index >= 15 is 0 Å². The number of carbonyl (C=O) groups excluding carboxylic acids is 1. The first-order valence-electron chi connectivity index (χ1n) is 5.52. The molecule has 7 heteroatoms. The first-order valence-corrected chi connectivity index (χ1v) is 5.52. The highest BCUT2D eigenvalue weighted by Crippen LogP contribution is 2.37. The number of aliphatic hydroxyl groups excluding tert-OH is 1. The summed E-state index contributed by atoms with van der Waals surface area (Å²) in [5.41, 5.74) is 5.08. The van der Waals surface area contributed by atoms with Gasteiger partial charge in [0.15, 0.2) is 6.23 Å². The minimum absolute atomic E-state index is 0.0269. The molecule has 1 saturated heterocycles. The van der Waals surface area contributed by atoms with Crippen molar-refractivity contribution in [2.75, 3.05) is 6.61 Å². The largest absolute Gasteiger partial charge is 0.394 e. The number of primary amides is 1. The number of rotatable bonds is 3. The van der Waals surface area contributed by atoms with Crippen molar-refractivity contribution < 1.29 is 14.6 Å². The number of nitrogens with zero attached hydrogens (tertiary/aromatic N) is 3. The molecule has 1 amide bonds. The summed E-state index contributed by atoms with van der Waals surface area (Å²) in [6.07, 6.45) is 0.896. The molecule has 1 aromatic rings. The smallest absolute Gasteiger partial charge is 0.288 e. The number of nitrogens with two attached hydrogens (primary N) is 1. The normalized spacial score (nSPS) is 32.9. The summed E-state index contributed by atoms with van der Waals surface area (Å²) < 4.78 is 7.16. The third-order valence-electron chi connectivity index (χ3n) is 3.35. The van der Waals surface area contributed by atoms with Crippen LogP contribution in [0.5, 0.6) is 0 Å². The highest BCUT2D eigenvalue weighted by atomic mass is 16.5. The van der Waals surface area contributed by atoms with Crippen LogP contribution < -0.4 is 5.73 Å². The Morgan fingerprint density at radius 3 is 2.76 bits per heavy atom. The maximum atomic E-state index is 10.9. The Morgan fingerprint density at radius 1 is 1.59 bits per heavy atom. The van der Waals surface area contributed by atoms with Gasteiger partial charge in [0.05, 0.1) is 12.7 Å². The van der Waals surface area contributed by atoms with Crippen LogP contribution in [0, 0.1) is 11.8 Å². The average molecular weight is 240 g/mol. The average Bonchev–Trinajstić information content (AvgIpc) is 2.87. The Hall–Kier alpha value is -1.47. The monoisotopic (exact) mass is 240 g/mol. The Bertz CT molecular complexity index is 419. The molecule has 0 aromatic carbocycles. The van der Waals surface area contributed by atoms with E-state index < -0.39 is 5.91 Å². The molecule has 1 fully saturated rings. The van der Waals surface area contributed by atoms with E-state index in [4.69, 9.17) is 15.6 Å². The van der Waals surface area contributed by atoms with Crippen LogP contribution in [0.3, 0.4) is 0 Å². The minimum atomic E-state index is -0.666. The molecular formula is C10H16N4O3. The lowest BCUT2D eigenvalue weighted by molar-refractivity contribution is -0.0413. The molecule has 2 unspecified atom stereocenters. The van der Waals surface area contributed by atoms with Gasteiger partial charge < -0.3 is 15.6 Å². The molecule has 1 aromatic heterocycles. The van der Waals surface area contributed by atoms with Crippen LogP contribution in [0.2, 0.25) is 0 Å². The predicted octanol–water partition coefficient (Wildman–Crippen LogP) is -0.461. The molecular weight excluding hydrogens is 224 g/mol. The van der Waals surface area contributed by atoms with Gasteiger partial charge in [0.2, 0.25) is 5.82 Å². The van der Waals surface area contributed by atoms with Crippen molar-refractivity contribution in [3.05, 3.63) is 12.2 Å². The number of carbonyl (C=O) groups is 1. The van der Waals surface area contributed by atoms with Crippen LogP contribution in [0.4, 0.5) is 0 Å². The second kappa shape index (κ2) is 4.42. The van der Waals surface area contributed by atoms with Gasteiger partial charge in [-0.05, 0) is 5.92 Å². The van der Waals surface area contributed by atoms with E-state index in [-0.39, 0.29) is 36.6 Å². The van der Waals surface area contributed by atoms with Crippen molar-refractivity contribution in [1.82, 2.24) is 14.8 Å². The highest BCUT2D eigenvalue weighted by Gasteiger charge is 2.40. The quantitative estimate of drug-likeness (QED) is 0.744. The fourth-order valence-electron chi connectivity index (χ4n) is 2.05. The number of ether oxygens (including phenoxy) is 1. The topological polar surface area (TPSA) is 103 Å². The summed E-state index contributed by atoms with van der Waals surface area (Å²) in [6.45, 7) is 3.99. The molecule has 1 aliphatic rings. The van der Waals surface area contributed by atoms with Gasteiger partial charge in [-0.25, -0.2) is 9.67 Å². The van der Waals surface area contributed by atoms with E-state index in [1.807, 2.05) is 13.8 Å². The maximum Gasteiger partial charge on any atom is 0.288 e. The molecule has 0 aliphatic carbocycles. The number of aliphatic hydroxyl groups is 1.